The molecule has 0 bridgehead atoms. The van der Waals surface area contributed by atoms with Crippen LogP contribution in [0, 0.1) is 25.1 Å². The molecule has 0 aliphatic carbocycles. The molecule has 0 aromatic heterocycles. The third kappa shape index (κ3) is 5.22. The van der Waals surface area contributed by atoms with Gasteiger partial charge in [0.2, 0.25) is 0 Å². The Hall–Kier alpha value is -2.23. The van der Waals surface area contributed by atoms with Crippen LogP contribution in [0.4, 0.5) is 15.8 Å². The number of halogens is 1. The van der Waals surface area contributed by atoms with Gasteiger partial charge in [-0.1, -0.05) is 40.7 Å². The van der Waals surface area contributed by atoms with E-state index in [0.29, 0.717) is 13.0 Å². The van der Waals surface area contributed by atoms with Crippen molar-refractivity contribution in [2.75, 3.05) is 17.3 Å². The van der Waals surface area contributed by atoms with Crippen LogP contribution in [0.25, 0.3) is 0 Å². The Morgan fingerprint density at radius 1 is 1.12 bits per heavy atom. The largest absolute Gasteiger partial charge is 0.388 e. The van der Waals surface area contributed by atoms with Crippen LogP contribution in [0.1, 0.15) is 63.3 Å². The molecule has 2 aromatic rings. The first-order valence-electron chi connectivity index (χ1n) is 11.0. The molecule has 0 unspecified atom stereocenters. The monoisotopic (exact) mass is 432 g/mol. The van der Waals surface area contributed by atoms with Crippen LogP contribution in [-0.2, 0) is 16.8 Å². The van der Waals surface area contributed by atoms with E-state index in [2.05, 4.69) is 31.3 Å². The Kier molecular flexibility index (Phi) is 7.59. The molecule has 6 heteroatoms. The topological polar surface area (TPSA) is 32.3 Å². The number of carbonyl (C=O) groups excluding carboxylic acids is 1. The second-order valence-corrected chi connectivity index (χ2v) is 10.5. The highest BCUT2D eigenvalue weighted by Gasteiger charge is 2.46. The average molecular weight is 432 g/mol. The van der Waals surface area contributed by atoms with Crippen molar-refractivity contribution < 1.29 is 9.18 Å². The van der Waals surface area contributed by atoms with E-state index >= 15 is 0 Å². The molecule has 3 nitrogen and oxygen atoms in total. The number of nitrogens with zero attached hydrogens (tertiary/aromatic N) is 1. The highest BCUT2D eigenvalue weighted by atomic mass is 19.1. The lowest BCUT2D eigenvalue weighted by molar-refractivity contribution is -0.109. The van der Waals surface area contributed by atoms with Crippen LogP contribution < -0.4 is 10.2 Å². The number of aldehydes is 1. The fourth-order valence-electron chi connectivity index (χ4n) is 4.17. The van der Waals surface area contributed by atoms with Gasteiger partial charge < -0.3 is 15.0 Å². The summed E-state index contributed by atoms with van der Waals surface area (Å²) in [5.74, 6) is -0.263. The standard InChI is InChI=1S/C20H23B2FN2.C6H12O/c1-12-8-16(9-13(2)18(12)24-5)25-11-14-6-7-15(23)10-17(14)19(3,4)20(25,21)22;1-6(2,3)4-5-7/h6-10,24H,11H2,1-5H3;5H,4H2,1-3H3. The molecule has 0 amide bonds. The summed E-state index contributed by atoms with van der Waals surface area (Å²) in [5, 5.41) is 2.08. The summed E-state index contributed by atoms with van der Waals surface area (Å²) in [6.45, 7) is 14.7. The predicted octanol–water partition coefficient (Wildman–Crippen LogP) is 5.39. The van der Waals surface area contributed by atoms with Gasteiger partial charge in [-0.3, -0.25) is 0 Å². The van der Waals surface area contributed by atoms with Crippen molar-refractivity contribution in [3.05, 3.63) is 58.4 Å². The van der Waals surface area contributed by atoms with Crippen molar-refractivity contribution in [3.63, 3.8) is 0 Å². The van der Waals surface area contributed by atoms with Gasteiger partial charge in [0.15, 0.2) is 0 Å². The minimum Gasteiger partial charge on any atom is -0.388 e. The summed E-state index contributed by atoms with van der Waals surface area (Å²) < 4.78 is 13.8. The molecule has 0 saturated carbocycles. The first-order valence-corrected chi connectivity index (χ1v) is 11.0. The second kappa shape index (κ2) is 9.33. The molecule has 0 atom stereocenters. The van der Waals surface area contributed by atoms with Crippen LogP contribution in [0.3, 0.4) is 0 Å². The molecule has 4 radical (unpaired) electrons. The van der Waals surface area contributed by atoms with Gasteiger partial charge in [0.1, 0.15) is 12.1 Å². The zero-order chi connectivity index (χ0) is 24.5. The van der Waals surface area contributed by atoms with Crippen molar-refractivity contribution in [1.29, 1.82) is 0 Å². The number of carbonyl (C=O) groups is 1. The van der Waals surface area contributed by atoms with E-state index in [-0.39, 0.29) is 11.2 Å². The normalized spacial score (nSPS) is 16.5. The Balaban J connectivity index is 0.000000451. The van der Waals surface area contributed by atoms with Crippen molar-refractivity contribution >= 4 is 33.4 Å². The van der Waals surface area contributed by atoms with Crippen molar-refractivity contribution in [2.24, 2.45) is 5.41 Å². The minimum absolute atomic E-state index is 0.182. The van der Waals surface area contributed by atoms with Gasteiger partial charge in [-0.2, -0.15) is 0 Å². The average Bonchev–Trinajstić information content (AvgIpc) is 2.65. The van der Waals surface area contributed by atoms with Crippen LogP contribution in [0.2, 0.25) is 0 Å². The van der Waals surface area contributed by atoms with Gasteiger partial charge in [-0.25, -0.2) is 4.39 Å². The third-order valence-electron chi connectivity index (χ3n) is 6.30. The van der Waals surface area contributed by atoms with Gasteiger partial charge in [0, 0.05) is 31.4 Å². The van der Waals surface area contributed by atoms with Gasteiger partial charge in [-0.15, -0.1) is 0 Å². The number of benzene rings is 2. The summed E-state index contributed by atoms with van der Waals surface area (Å²) in [6.07, 6.45) is 1.62. The lowest BCUT2D eigenvalue weighted by Gasteiger charge is -2.56. The van der Waals surface area contributed by atoms with Crippen LogP contribution >= 0.6 is 0 Å². The maximum Gasteiger partial charge on any atom is 0.123 e. The number of hydrogen-bond acceptors (Lipinski definition) is 3. The zero-order valence-corrected chi connectivity index (χ0v) is 20.8. The lowest BCUT2D eigenvalue weighted by atomic mass is 9.44. The Bertz CT molecular complexity index is 957. The lowest BCUT2D eigenvalue weighted by Crippen LogP contribution is -2.64. The molecule has 0 fully saturated rings. The van der Waals surface area contributed by atoms with E-state index in [9.17, 15) is 9.18 Å². The van der Waals surface area contributed by atoms with Gasteiger partial charge in [-0.05, 0) is 76.5 Å². The fourth-order valence-corrected chi connectivity index (χ4v) is 4.17. The maximum atomic E-state index is 13.8. The molecule has 1 N–H and O–H groups in total. The van der Waals surface area contributed by atoms with Crippen molar-refractivity contribution in [2.45, 2.75) is 72.2 Å². The number of nitrogens with one attached hydrogen (secondary N) is 1. The summed E-state index contributed by atoms with van der Waals surface area (Å²) in [6, 6.07) is 9.07. The van der Waals surface area contributed by atoms with E-state index in [1.54, 1.807) is 6.07 Å². The zero-order valence-electron chi connectivity index (χ0n) is 20.8. The van der Waals surface area contributed by atoms with Crippen molar-refractivity contribution in [3.8, 4) is 0 Å². The minimum atomic E-state index is -1.15. The number of fused-ring (bicyclic) bond motifs is 1. The highest BCUT2D eigenvalue weighted by molar-refractivity contribution is 6.43. The predicted molar refractivity (Wildman–Crippen MR) is 135 cm³/mol. The summed E-state index contributed by atoms with van der Waals surface area (Å²) in [4.78, 5) is 11.8. The van der Waals surface area contributed by atoms with Gasteiger partial charge >= 0.3 is 0 Å². The molecule has 168 valence electrons. The van der Waals surface area contributed by atoms with E-state index in [1.165, 1.54) is 6.07 Å². The molecule has 0 saturated heterocycles. The number of hydrogen-bond donors (Lipinski definition) is 1. The van der Waals surface area contributed by atoms with Crippen LogP contribution in [0.15, 0.2) is 30.3 Å². The molecule has 32 heavy (non-hydrogen) atoms. The highest BCUT2D eigenvalue weighted by Crippen LogP contribution is 2.45. The molecule has 3 rings (SSSR count). The molecule has 0 spiro atoms. The van der Waals surface area contributed by atoms with E-state index in [0.717, 1.165) is 39.9 Å². The second-order valence-electron chi connectivity index (χ2n) is 10.5. The van der Waals surface area contributed by atoms with E-state index in [1.807, 2.05) is 52.6 Å². The smallest absolute Gasteiger partial charge is 0.123 e. The molecular weight excluding hydrogens is 397 g/mol. The van der Waals surface area contributed by atoms with Gasteiger partial charge in [0.25, 0.3) is 0 Å². The maximum absolute atomic E-state index is 13.8. The van der Waals surface area contributed by atoms with Gasteiger partial charge in [0.05, 0.1) is 15.7 Å². The first-order chi connectivity index (χ1) is 14.7. The van der Waals surface area contributed by atoms with Crippen LogP contribution in [-0.4, -0.2) is 34.4 Å². The molecule has 2 aromatic carbocycles. The molecular formula is C26H35B2FN2O. The first kappa shape index (κ1) is 26.0. The summed E-state index contributed by atoms with van der Waals surface area (Å²) in [5.41, 5.74) is 5.84. The number of anilines is 2. The Labute approximate surface area is 196 Å². The van der Waals surface area contributed by atoms with E-state index < -0.39 is 10.8 Å². The summed E-state index contributed by atoms with van der Waals surface area (Å²) >= 11 is 0. The molecule has 1 aliphatic rings. The quantitative estimate of drug-likeness (QED) is 0.521. The number of rotatable bonds is 3. The Morgan fingerprint density at radius 3 is 2.12 bits per heavy atom. The van der Waals surface area contributed by atoms with Crippen LogP contribution in [0.5, 0.6) is 0 Å². The van der Waals surface area contributed by atoms with Crippen molar-refractivity contribution in [1.82, 2.24) is 0 Å². The fraction of sp³-hybridized carbons (Fsp3) is 0.500. The Morgan fingerprint density at radius 2 is 1.69 bits per heavy atom. The molecule has 1 aliphatic heterocycles. The third-order valence-corrected chi connectivity index (χ3v) is 6.30. The number of aryl methyl sites for hydroxylation is 2. The SMILES string of the molecule is CC(C)(C)CC=O.[B]C1([B])N(c2cc(C)c(NC)c(C)c2)Cc2ccc(F)cc2C1(C)C. The summed E-state index contributed by atoms with van der Waals surface area (Å²) in [7, 11) is 15.2. The molecule has 1 heterocycles. The van der Waals surface area contributed by atoms with E-state index in [4.69, 9.17) is 15.7 Å².